The Kier molecular flexibility index (Phi) is 3.37. The van der Waals surface area contributed by atoms with Crippen LogP contribution >= 0.6 is 0 Å². The van der Waals surface area contributed by atoms with E-state index in [0.29, 0.717) is 5.69 Å². The zero-order valence-electron chi connectivity index (χ0n) is 9.59. The van der Waals surface area contributed by atoms with Gasteiger partial charge in [-0.1, -0.05) is 6.07 Å². The highest BCUT2D eigenvalue weighted by atomic mass is 16.6. The number of benzene rings is 2. The second kappa shape index (κ2) is 5.13. The van der Waals surface area contributed by atoms with Gasteiger partial charge in [0.2, 0.25) is 0 Å². The molecule has 0 radical (unpaired) electrons. The third-order valence-electron chi connectivity index (χ3n) is 2.27. The number of nitro benzene ring substituents is 1. The smallest absolute Gasteiger partial charge is 0.271 e. The van der Waals surface area contributed by atoms with E-state index in [9.17, 15) is 15.2 Å². The summed E-state index contributed by atoms with van der Waals surface area (Å²) in [5.41, 5.74) is 0.359. The summed E-state index contributed by atoms with van der Waals surface area (Å²) in [6.45, 7) is 0. The molecule has 2 aromatic carbocycles. The third kappa shape index (κ3) is 3.03. The SMILES string of the molecule is O=[N+]([O-])c1cccc(/N=N/c2ccc(O)cc2O)c1. The molecule has 0 atom stereocenters. The second-order valence-electron chi connectivity index (χ2n) is 3.65. The first-order valence-electron chi connectivity index (χ1n) is 5.24. The Balaban J connectivity index is 2.27. The van der Waals surface area contributed by atoms with E-state index < -0.39 is 4.92 Å². The Morgan fingerprint density at radius 3 is 2.53 bits per heavy atom. The number of nitrogens with zero attached hydrogens (tertiary/aromatic N) is 3. The van der Waals surface area contributed by atoms with E-state index in [2.05, 4.69) is 10.2 Å². The van der Waals surface area contributed by atoms with Gasteiger partial charge in [0.25, 0.3) is 5.69 Å². The monoisotopic (exact) mass is 259 g/mol. The van der Waals surface area contributed by atoms with E-state index >= 15 is 0 Å². The normalized spacial score (nSPS) is 10.7. The van der Waals surface area contributed by atoms with Gasteiger partial charge in [-0.15, -0.1) is 5.11 Å². The van der Waals surface area contributed by atoms with E-state index in [1.54, 1.807) is 6.07 Å². The summed E-state index contributed by atoms with van der Waals surface area (Å²) in [6.07, 6.45) is 0. The minimum absolute atomic E-state index is 0.0909. The molecule has 0 aliphatic heterocycles. The van der Waals surface area contributed by atoms with Crippen molar-refractivity contribution >= 4 is 17.1 Å². The number of phenols is 2. The lowest BCUT2D eigenvalue weighted by atomic mass is 10.3. The molecule has 0 aliphatic rings. The van der Waals surface area contributed by atoms with E-state index in [4.69, 9.17) is 5.11 Å². The Labute approximate surface area is 107 Å². The molecule has 0 aromatic heterocycles. The first-order chi connectivity index (χ1) is 9.06. The van der Waals surface area contributed by atoms with E-state index in [1.807, 2.05) is 0 Å². The minimum Gasteiger partial charge on any atom is -0.508 e. The molecular formula is C12H9N3O4. The summed E-state index contributed by atoms with van der Waals surface area (Å²) in [6, 6.07) is 9.50. The fourth-order valence-electron chi connectivity index (χ4n) is 1.38. The molecule has 0 amide bonds. The lowest BCUT2D eigenvalue weighted by molar-refractivity contribution is -0.384. The Hall–Kier alpha value is -2.96. The molecule has 2 rings (SSSR count). The van der Waals surface area contributed by atoms with Crippen molar-refractivity contribution in [2.75, 3.05) is 0 Å². The summed E-state index contributed by atoms with van der Waals surface area (Å²) in [7, 11) is 0. The van der Waals surface area contributed by atoms with Gasteiger partial charge in [0.05, 0.1) is 10.6 Å². The van der Waals surface area contributed by atoms with Crippen molar-refractivity contribution in [1.82, 2.24) is 0 Å². The van der Waals surface area contributed by atoms with Crippen LogP contribution in [0.3, 0.4) is 0 Å². The number of hydrogen-bond acceptors (Lipinski definition) is 6. The molecule has 2 N–H and O–H groups in total. The van der Waals surface area contributed by atoms with Crippen LogP contribution in [0.15, 0.2) is 52.7 Å². The fourth-order valence-corrected chi connectivity index (χ4v) is 1.38. The molecule has 0 heterocycles. The van der Waals surface area contributed by atoms with Crippen LogP contribution < -0.4 is 0 Å². The Bertz CT molecular complexity index is 655. The number of aromatic hydroxyl groups is 2. The summed E-state index contributed by atoms with van der Waals surface area (Å²) >= 11 is 0. The predicted octanol–water partition coefficient (Wildman–Crippen LogP) is 3.42. The number of non-ortho nitro benzene ring substituents is 1. The number of rotatable bonds is 3. The van der Waals surface area contributed by atoms with Gasteiger partial charge in [-0.05, 0) is 18.2 Å². The standard InChI is InChI=1S/C12H9N3O4/c16-10-4-5-11(12(17)7-10)14-13-8-2-1-3-9(6-8)15(18)19/h1-7,16-17H/b14-13+. The van der Waals surface area contributed by atoms with Crippen LogP contribution in [0.5, 0.6) is 11.5 Å². The fraction of sp³-hybridized carbons (Fsp3) is 0. The van der Waals surface area contributed by atoms with Gasteiger partial charge >= 0.3 is 0 Å². The van der Waals surface area contributed by atoms with Crippen molar-refractivity contribution in [3.8, 4) is 11.5 Å². The van der Waals surface area contributed by atoms with Gasteiger partial charge < -0.3 is 10.2 Å². The van der Waals surface area contributed by atoms with Gasteiger partial charge in [0.1, 0.15) is 17.2 Å². The van der Waals surface area contributed by atoms with Crippen LogP contribution in [0, 0.1) is 10.1 Å². The van der Waals surface area contributed by atoms with Gasteiger partial charge in [-0.2, -0.15) is 5.11 Å². The highest BCUT2D eigenvalue weighted by Gasteiger charge is 2.05. The zero-order chi connectivity index (χ0) is 13.8. The van der Waals surface area contributed by atoms with Crippen LogP contribution in [0.25, 0.3) is 0 Å². The molecule has 7 nitrogen and oxygen atoms in total. The van der Waals surface area contributed by atoms with Crippen molar-refractivity contribution in [1.29, 1.82) is 0 Å². The zero-order valence-corrected chi connectivity index (χ0v) is 9.59. The molecule has 7 heteroatoms. The molecule has 19 heavy (non-hydrogen) atoms. The average Bonchev–Trinajstić information content (AvgIpc) is 2.38. The minimum atomic E-state index is -0.531. The van der Waals surface area contributed by atoms with Gasteiger partial charge in [0.15, 0.2) is 0 Å². The maximum Gasteiger partial charge on any atom is 0.271 e. The van der Waals surface area contributed by atoms with Crippen LogP contribution in [-0.2, 0) is 0 Å². The van der Waals surface area contributed by atoms with E-state index in [0.717, 1.165) is 6.07 Å². The van der Waals surface area contributed by atoms with Crippen molar-refractivity contribution in [3.63, 3.8) is 0 Å². The largest absolute Gasteiger partial charge is 0.508 e. The Morgan fingerprint density at radius 2 is 1.84 bits per heavy atom. The highest BCUT2D eigenvalue weighted by Crippen LogP contribution is 2.31. The molecular weight excluding hydrogens is 250 g/mol. The molecule has 0 saturated carbocycles. The van der Waals surface area contributed by atoms with E-state index in [1.165, 1.54) is 30.3 Å². The molecule has 0 unspecified atom stereocenters. The molecule has 0 saturated heterocycles. The topological polar surface area (TPSA) is 108 Å². The lowest BCUT2D eigenvalue weighted by Gasteiger charge is -1.98. The predicted molar refractivity (Wildman–Crippen MR) is 67.0 cm³/mol. The first kappa shape index (κ1) is 12.5. The highest BCUT2D eigenvalue weighted by molar-refractivity contribution is 5.54. The summed E-state index contributed by atoms with van der Waals surface area (Å²) < 4.78 is 0. The summed E-state index contributed by atoms with van der Waals surface area (Å²) in [5, 5.41) is 36.7. The summed E-state index contributed by atoms with van der Waals surface area (Å²) in [4.78, 5) is 10.1. The maximum absolute atomic E-state index is 10.6. The second-order valence-corrected chi connectivity index (χ2v) is 3.65. The molecule has 0 spiro atoms. The number of hydrogen-bond donors (Lipinski definition) is 2. The molecule has 96 valence electrons. The lowest BCUT2D eigenvalue weighted by Crippen LogP contribution is -1.85. The van der Waals surface area contributed by atoms with Crippen molar-refractivity contribution in [2.45, 2.75) is 0 Å². The number of phenolic OH excluding ortho intramolecular Hbond substituents is 2. The Morgan fingerprint density at radius 1 is 1.05 bits per heavy atom. The van der Waals surface area contributed by atoms with Crippen LogP contribution in [0.4, 0.5) is 17.1 Å². The van der Waals surface area contributed by atoms with E-state index in [-0.39, 0.29) is 22.9 Å². The van der Waals surface area contributed by atoms with Crippen LogP contribution in [0.2, 0.25) is 0 Å². The summed E-state index contributed by atoms with van der Waals surface area (Å²) in [5.74, 6) is -0.319. The van der Waals surface area contributed by atoms with Crippen molar-refractivity contribution in [2.24, 2.45) is 10.2 Å². The van der Waals surface area contributed by atoms with Crippen molar-refractivity contribution in [3.05, 3.63) is 52.6 Å². The first-order valence-corrected chi connectivity index (χ1v) is 5.24. The number of nitro groups is 1. The number of azo groups is 1. The van der Waals surface area contributed by atoms with Crippen LogP contribution in [-0.4, -0.2) is 15.1 Å². The van der Waals surface area contributed by atoms with Gasteiger partial charge in [0, 0.05) is 18.2 Å². The van der Waals surface area contributed by atoms with Crippen molar-refractivity contribution < 1.29 is 15.1 Å². The third-order valence-corrected chi connectivity index (χ3v) is 2.27. The molecule has 2 aromatic rings. The van der Waals surface area contributed by atoms with Crippen LogP contribution in [0.1, 0.15) is 0 Å². The van der Waals surface area contributed by atoms with Gasteiger partial charge in [-0.3, -0.25) is 10.1 Å². The maximum atomic E-state index is 10.6. The average molecular weight is 259 g/mol. The van der Waals surface area contributed by atoms with Gasteiger partial charge in [-0.25, -0.2) is 0 Å². The quantitative estimate of drug-likeness (QED) is 0.500. The molecule has 0 fully saturated rings. The molecule has 0 aliphatic carbocycles. The molecule has 0 bridgehead atoms.